The number of halogens is 1. The van der Waals surface area contributed by atoms with Crippen molar-refractivity contribution in [2.45, 2.75) is 6.92 Å². The van der Waals surface area contributed by atoms with Crippen LogP contribution in [0.15, 0.2) is 18.2 Å². The monoisotopic (exact) mass is 291 g/mol. The van der Waals surface area contributed by atoms with E-state index >= 15 is 0 Å². The van der Waals surface area contributed by atoms with Gasteiger partial charge in [0.1, 0.15) is 0 Å². The summed E-state index contributed by atoms with van der Waals surface area (Å²) in [7, 11) is 1.71. The molecule has 0 unspecified atom stereocenters. The highest BCUT2D eigenvalue weighted by molar-refractivity contribution is 14.1. The maximum atomic E-state index is 4.97. The van der Waals surface area contributed by atoms with Gasteiger partial charge in [-0.1, -0.05) is 6.07 Å². The third-order valence-corrected chi connectivity index (χ3v) is 2.49. The molecule has 3 heteroatoms. The van der Waals surface area contributed by atoms with Crippen LogP contribution in [-0.4, -0.2) is 20.3 Å². The second-order valence-corrected chi connectivity index (χ2v) is 4.12. The molecular formula is C10H14INO. The molecule has 0 radical (unpaired) electrons. The topological polar surface area (TPSA) is 21.3 Å². The molecule has 0 spiro atoms. The minimum absolute atomic E-state index is 0.741. The zero-order valence-electron chi connectivity index (χ0n) is 7.93. The minimum Gasteiger partial charge on any atom is -0.383 e. The van der Waals surface area contributed by atoms with Crippen molar-refractivity contribution in [1.29, 1.82) is 0 Å². The van der Waals surface area contributed by atoms with E-state index in [1.54, 1.807) is 7.11 Å². The number of hydrogen-bond donors (Lipinski definition) is 1. The summed E-state index contributed by atoms with van der Waals surface area (Å²) < 4.78 is 6.22. The Morgan fingerprint density at radius 2 is 2.23 bits per heavy atom. The quantitative estimate of drug-likeness (QED) is 0.680. The Morgan fingerprint density at radius 3 is 2.92 bits per heavy atom. The molecule has 1 aromatic carbocycles. The number of aryl methyl sites for hydroxylation is 1. The molecule has 0 saturated heterocycles. The van der Waals surface area contributed by atoms with Crippen LogP contribution in [-0.2, 0) is 4.74 Å². The average Bonchev–Trinajstić information content (AvgIpc) is 2.11. The molecule has 0 aliphatic heterocycles. The third-order valence-electron chi connectivity index (χ3n) is 1.82. The van der Waals surface area contributed by atoms with Gasteiger partial charge in [0.15, 0.2) is 0 Å². The summed E-state index contributed by atoms with van der Waals surface area (Å²) in [5.74, 6) is 0. The molecule has 13 heavy (non-hydrogen) atoms. The number of methoxy groups -OCH3 is 1. The fourth-order valence-electron chi connectivity index (χ4n) is 1.07. The first-order valence-electron chi connectivity index (χ1n) is 4.23. The van der Waals surface area contributed by atoms with Crippen LogP contribution in [0.5, 0.6) is 0 Å². The molecule has 72 valence electrons. The maximum Gasteiger partial charge on any atom is 0.0635 e. The number of benzene rings is 1. The predicted molar refractivity (Wildman–Crippen MR) is 64.3 cm³/mol. The van der Waals surface area contributed by atoms with E-state index in [0.717, 1.165) is 13.2 Å². The Kier molecular flexibility index (Phi) is 4.52. The van der Waals surface area contributed by atoms with E-state index in [4.69, 9.17) is 4.74 Å². The van der Waals surface area contributed by atoms with Crippen LogP contribution in [0.4, 0.5) is 5.69 Å². The predicted octanol–water partition coefficient (Wildman–Crippen LogP) is 2.66. The summed E-state index contributed by atoms with van der Waals surface area (Å²) in [6.07, 6.45) is 0. The van der Waals surface area contributed by atoms with Gasteiger partial charge >= 0.3 is 0 Å². The highest BCUT2D eigenvalue weighted by Gasteiger charge is 1.97. The number of ether oxygens (including phenoxy) is 1. The number of rotatable bonds is 4. The molecule has 1 N–H and O–H groups in total. The number of nitrogens with one attached hydrogen (secondary N) is 1. The summed E-state index contributed by atoms with van der Waals surface area (Å²) in [4.78, 5) is 0. The molecule has 1 rings (SSSR count). The van der Waals surface area contributed by atoms with E-state index in [0.29, 0.717) is 0 Å². The van der Waals surface area contributed by atoms with E-state index in [9.17, 15) is 0 Å². The maximum absolute atomic E-state index is 4.97. The molecule has 0 fully saturated rings. The zero-order valence-corrected chi connectivity index (χ0v) is 10.1. The van der Waals surface area contributed by atoms with Crippen molar-refractivity contribution in [3.05, 3.63) is 27.3 Å². The lowest BCUT2D eigenvalue weighted by Crippen LogP contribution is -2.08. The SMILES string of the molecule is COCCNc1cc(I)ccc1C. The van der Waals surface area contributed by atoms with Crippen LogP contribution in [0.25, 0.3) is 0 Å². The van der Waals surface area contributed by atoms with Crippen LogP contribution in [0, 0.1) is 10.5 Å². The van der Waals surface area contributed by atoms with Gasteiger partial charge in [0.2, 0.25) is 0 Å². The highest BCUT2D eigenvalue weighted by Crippen LogP contribution is 2.17. The van der Waals surface area contributed by atoms with Crippen molar-refractivity contribution < 1.29 is 4.74 Å². The van der Waals surface area contributed by atoms with E-state index in [1.165, 1.54) is 14.8 Å². The van der Waals surface area contributed by atoms with E-state index in [-0.39, 0.29) is 0 Å². The average molecular weight is 291 g/mol. The Labute approximate surface area is 92.8 Å². The summed E-state index contributed by atoms with van der Waals surface area (Å²) in [5, 5.41) is 3.32. The van der Waals surface area contributed by atoms with Gasteiger partial charge in [0.05, 0.1) is 6.61 Å². The van der Waals surface area contributed by atoms with Gasteiger partial charge in [-0.2, -0.15) is 0 Å². The van der Waals surface area contributed by atoms with Crippen LogP contribution >= 0.6 is 22.6 Å². The van der Waals surface area contributed by atoms with Crippen molar-refractivity contribution in [2.75, 3.05) is 25.6 Å². The summed E-state index contributed by atoms with van der Waals surface area (Å²) >= 11 is 2.31. The Balaban J connectivity index is 2.59. The van der Waals surface area contributed by atoms with Crippen molar-refractivity contribution in [3.63, 3.8) is 0 Å². The Hall–Kier alpha value is -0.290. The first kappa shape index (κ1) is 10.8. The lowest BCUT2D eigenvalue weighted by Gasteiger charge is -2.09. The second kappa shape index (κ2) is 5.44. The van der Waals surface area contributed by atoms with Crippen molar-refractivity contribution in [3.8, 4) is 0 Å². The highest BCUT2D eigenvalue weighted by atomic mass is 127. The standard InChI is InChI=1S/C10H14INO/c1-8-3-4-9(11)7-10(8)12-5-6-13-2/h3-4,7,12H,5-6H2,1-2H3. The van der Waals surface area contributed by atoms with E-state index in [1.807, 2.05) is 0 Å². The lowest BCUT2D eigenvalue weighted by molar-refractivity contribution is 0.211. The molecular weight excluding hydrogens is 277 g/mol. The summed E-state index contributed by atoms with van der Waals surface area (Å²) in [5.41, 5.74) is 2.47. The van der Waals surface area contributed by atoms with Crippen LogP contribution in [0.1, 0.15) is 5.56 Å². The first-order chi connectivity index (χ1) is 6.24. The van der Waals surface area contributed by atoms with Crippen molar-refractivity contribution >= 4 is 28.3 Å². The number of hydrogen-bond acceptors (Lipinski definition) is 2. The molecule has 2 nitrogen and oxygen atoms in total. The second-order valence-electron chi connectivity index (χ2n) is 2.88. The van der Waals surface area contributed by atoms with Gasteiger partial charge in [-0.3, -0.25) is 0 Å². The lowest BCUT2D eigenvalue weighted by atomic mass is 10.2. The summed E-state index contributed by atoms with van der Waals surface area (Å²) in [6.45, 7) is 3.70. The normalized spacial score (nSPS) is 10.1. The van der Waals surface area contributed by atoms with Gasteiger partial charge in [0, 0.05) is 22.9 Å². The molecule has 0 saturated carbocycles. The van der Waals surface area contributed by atoms with Crippen molar-refractivity contribution in [1.82, 2.24) is 0 Å². The van der Waals surface area contributed by atoms with Crippen molar-refractivity contribution in [2.24, 2.45) is 0 Å². The largest absolute Gasteiger partial charge is 0.383 e. The molecule has 0 amide bonds. The number of anilines is 1. The zero-order chi connectivity index (χ0) is 9.68. The molecule has 0 heterocycles. The van der Waals surface area contributed by atoms with Gasteiger partial charge in [-0.15, -0.1) is 0 Å². The van der Waals surface area contributed by atoms with E-state index < -0.39 is 0 Å². The van der Waals surface area contributed by atoms with Gasteiger partial charge in [-0.25, -0.2) is 0 Å². The Bertz CT molecular complexity index is 276. The molecule has 1 aromatic rings. The fourth-order valence-corrected chi connectivity index (χ4v) is 1.56. The van der Waals surface area contributed by atoms with Gasteiger partial charge in [0.25, 0.3) is 0 Å². The van der Waals surface area contributed by atoms with E-state index in [2.05, 4.69) is 53.0 Å². The van der Waals surface area contributed by atoms with Crippen LogP contribution < -0.4 is 5.32 Å². The molecule has 0 aliphatic carbocycles. The minimum atomic E-state index is 0.741. The fraction of sp³-hybridized carbons (Fsp3) is 0.400. The molecule has 0 bridgehead atoms. The van der Waals surface area contributed by atoms with Crippen LogP contribution in [0.3, 0.4) is 0 Å². The smallest absolute Gasteiger partial charge is 0.0635 e. The first-order valence-corrected chi connectivity index (χ1v) is 5.31. The molecule has 0 aromatic heterocycles. The molecule has 0 atom stereocenters. The molecule has 0 aliphatic rings. The van der Waals surface area contributed by atoms with Crippen LogP contribution in [0.2, 0.25) is 0 Å². The van der Waals surface area contributed by atoms with Gasteiger partial charge in [-0.05, 0) is 47.2 Å². The third kappa shape index (κ3) is 3.52. The van der Waals surface area contributed by atoms with Gasteiger partial charge < -0.3 is 10.1 Å². The summed E-state index contributed by atoms with van der Waals surface area (Å²) in [6, 6.07) is 6.37. The Morgan fingerprint density at radius 1 is 1.46 bits per heavy atom.